The van der Waals surface area contributed by atoms with E-state index in [9.17, 15) is 9.59 Å². The minimum Gasteiger partial charge on any atom is -0.462 e. The quantitative estimate of drug-likeness (QED) is 0.489. The standard InChI is InChI=1S/C26H30N2O3/c1-5-20-8-7-9-22(16-20)27-25(29)14-15-28-19(4)23(26(30)31-6-2)17-24(28)21-12-10-18(3)11-13-21/h7-13,16-17H,5-6,14-15H2,1-4H3,(H,27,29). The molecular formula is C26H30N2O3. The zero-order valence-corrected chi connectivity index (χ0v) is 18.7. The molecule has 1 N–H and O–H groups in total. The monoisotopic (exact) mass is 418 g/mol. The molecule has 0 fully saturated rings. The van der Waals surface area contributed by atoms with Crippen molar-refractivity contribution < 1.29 is 14.3 Å². The normalized spacial score (nSPS) is 10.7. The Bertz CT molecular complexity index is 1060. The Labute approximate surface area is 184 Å². The predicted molar refractivity (Wildman–Crippen MR) is 124 cm³/mol. The topological polar surface area (TPSA) is 60.3 Å². The van der Waals surface area contributed by atoms with E-state index in [1.165, 1.54) is 5.56 Å². The molecule has 162 valence electrons. The van der Waals surface area contributed by atoms with Crippen LogP contribution in [0, 0.1) is 13.8 Å². The van der Waals surface area contributed by atoms with E-state index in [-0.39, 0.29) is 11.9 Å². The number of hydrogen-bond donors (Lipinski definition) is 1. The summed E-state index contributed by atoms with van der Waals surface area (Å²) in [5, 5.41) is 2.98. The van der Waals surface area contributed by atoms with Gasteiger partial charge < -0.3 is 14.6 Å². The molecule has 1 amide bonds. The Morgan fingerprint density at radius 2 is 1.74 bits per heavy atom. The maximum Gasteiger partial charge on any atom is 0.339 e. The highest BCUT2D eigenvalue weighted by molar-refractivity contribution is 5.93. The van der Waals surface area contributed by atoms with Gasteiger partial charge in [0, 0.05) is 30.0 Å². The van der Waals surface area contributed by atoms with Gasteiger partial charge in [-0.15, -0.1) is 0 Å². The Kier molecular flexibility index (Phi) is 7.29. The molecule has 0 saturated carbocycles. The van der Waals surface area contributed by atoms with Crippen molar-refractivity contribution >= 4 is 17.6 Å². The highest BCUT2D eigenvalue weighted by atomic mass is 16.5. The number of anilines is 1. The van der Waals surface area contributed by atoms with Crippen LogP contribution in [0.2, 0.25) is 0 Å². The number of nitrogens with zero attached hydrogens (tertiary/aromatic N) is 1. The van der Waals surface area contributed by atoms with E-state index >= 15 is 0 Å². The minimum absolute atomic E-state index is 0.0612. The number of hydrogen-bond acceptors (Lipinski definition) is 3. The summed E-state index contributed by atoms with van der Waals surface area (Å²) in [6.45, 7) is 8.60. The molecule has 0 radical (unpaired) electrons. The van der Waals surface area contributed by atoms with Crippen molar-refractivity contribution in [2.45, 2.75) is 47.1 Å². The van der Waals surface area contributed by atoms with Crippen molar-refractivity contribution in [2.24, 2.45) is 0 Å². The highest BCUT2D eigenvalue weighted by Gasteiger charge is 2.20. The van der Waals surface area contributed by atoms with Crippen LogP contribution in [0.15, 0.2) is 54.6 Å². The molecule has 0 atom stereocenters. The molecule has 0 spiro atoms. The molecule has 1 heterocycles. The van der Waals surface area contributed by atoms with Crippen LogP contribution in [0.4, 0.5) is 5.69 Å². The fourth-order valence-corrected chi connectivity index (χ4v) is 3.62. The third-order valence-corrected chi connectivity index (χ3v) is 5.39. The van der Waals surface area contributed by atoms with Gasteiger partial charge in [-0.1, -0.05) is 48.9 Å². The molecule has 3 rings (SSSR count). The molecule has 5 nitrogen and oxygen atoms in total. The molecule has 0 saturated heterocycles. The van der Waals surface area contributed by atoms with Crippen molar-refractivity contribution in [3.8, 4) is 11.3 Å². The van der Waals surface area contributed by atoms with Crippen LogP contribution in [-0.2, 0) is 22.5 Å². The van der Waals surface area contributed by atoms with Gasteiger partial charge in [0.15, 0.2) is 0 Å². The van der Waals surface area contributed by atoms with Crippen LogP contribution >= 0.6 is 0 Å². The summed E-state index contributed by atoms with van der Waals surface area (Å²) in [5.41, 5.74) is 6.39. The first kappa shape index (κ1) is 22.3. The van der Waals surface area contributed by atoms with E-state index < -0.39 is 0 Å². The van der Waals surface area contributed by atoms with Crippen LogP contribution in [0.1, 0.15) is 47.4 Å². The second-order valence-corrected chi connectivity index (χ2v) is 7.62. The smallest absolute Gasteiger partial charge is 0.339 e. The van der Waals surface area contributed by atoms with Crippen LogP contribution in [-0.4, -0.2) is 23.1 Å². The van der Waals surface area contributed by atoms with E-state index in [1.807, 2.05) is 73.0 Å². The molecule has 0 bridgehead atoms. The number of aromatic nitrogens is 1. The predicted octanol–water partition coefficient (Wildman–Crippen LogP) is 5.54. The molecule has 0 unspecified atom stereocenters. The number of benzene rings is 2. The zero-order valence-electron chi connectivity index (χ0n) is 18.7. The van der Waals surface area contributed by atoms with E-state index in [2.05, 4.69) is 12.2 Å². The molecule has 2 aromatic carbocycles. The number of carbonyl (C=O) groups excluding carboxylic acids is 2. The van der Waals surface area contributed by atoms with Gasteiger partial charge in [-0.25, -0.2) is 4.79 Å². The number of aryl methyl sites for hydroxylation is 2. The average molecular weight is 419 g/mol. The summed E-state index contributed by atoms with van der Waals surface area (Å²) in [7, 11) is 0. The Morgan fingerprint density at radius 3 is 2.42 bits per heavy atom. The fourth-order valence-electron chi connectivity index (χ4n) is 3.62. The molecule has 0 aliphatic heterocycles. The molecular weight excluding hydrogens is 388 g/mol. The molecule has 1 aromatic heterocycles. The van der Waals surface area contributed by atoms with E-state index in [4.69, 9.17) is 4.74 Å². The molecule has 0 aliphatic carbocycles. The Balaban J connectivity index is 1.83. The molecule has 0 aliphatic rings. The van der Waals surface area contributed by atoms with Gasteiger partial charge in [0.25, 0.3) is 0 Å². The van der Waals surface area contributed by atoms with Gasteiger partial charge in [-0.2, -0.15) is 0 Å². The number of nitrogens with one attached hydrogen (secondary N) is 1. The third kappa shape index (κ3) is 5.43. The van der Waals surface area contributed by atoms with Crippen LogP contribution in [0.5, 0.6) is 0 Å². The van der Waals surface area contributed by atoms with Crippen LogP contribution in [0.25, 0.3) is 11.3 Å². The summed E-state index contributed by atoms with van der Waals surface area (Å²) in [4.78, 5) is 25.1. The van der Waals surface area contributed by atoms with Gasteiger partial charge in [-0.3, -0.25) is 4.79 Å². The van der Waals surface area contributed by atoms with Crippen molar-refractivity contribution in [3.05, 3.63) is 77.0 Å². The number of esters is 1. The van der Waals surface area contributed by atoms with Gasteiger partial charge in [-0.05, 0) is 56.5 Å². The van der Waals surface area contributed by atoms with Gasteiger partial charge in [0.1, 0.15) is 0 Å². The summed E-state index contributed by atoms with van der Waals surface area (Å²) < 4.78 is 7.25. The SMILES string of the molecule is CCOC(=O)c1cc(-c2ccc(C)cc2)n(CCC(=O)Nc2cccc(CC)c2)c1C. The van der Waals surface area contributed by atoms with E-state index in [0.29, 0.717) is 25.1 Å². The number of rotatable bonds is 8. The fraction of sp³-hybridized carbons (Fsp3) is 0.308. The summed E-state index contributed by atoms with van der Waals surface area (Å²) in [6.07, 6.45) is 1.22. The summed E-state index contributed by atoms with van der Waals surface area (Å²) >= 11 is 0. The zero-order chi connectivity index (χ0) is 22.4. The third-order valence-electron chi connectivity index (χ3n) is 5.39. The van der Waals surface area contributed by atoms with Crippen molar-refractivity contribution in [2.75, 3.05) is 11.9 Å². The van der Waals surface area contributed by atoms with Crippen molar-refractivity contribution in [1.29, 1.82) is 0 Å². The number of carbonyl (C=O) groups is 2. The first-order chi connectivity index (χ1) is 14.9. The first-order valence-corrected chi connectivity index (χ1v) is 10.8. The number of ether oxygens (including phenoxy) is 1. The first-order valence-electron chi connectivity index (χ1n) is 10.8. The summed E-state index contributed by atoms with van der Waals surface area (Å²) in [5.74, 6) is -0.401. The lowest BCUT2D eigenvalue weighted by atomic mass is 10.1. The average Bonchev–Trinajstić information content (AvgIpc) is 3.09. The largest absolute Gasteiger partial charge is 0.462 e. The maximum absolute atomic E-state index is 12.6. The van der Waals surface area contributed by atoms with Crippen molar-refractivity contribution in [1.82, 2.24) is 4.57 Å². The number of amides is 1. The highest BCUT2D eigenvalue weighted by Crippen LogP contribution is 2.27. The lowest BCUT2D eigenvalue weighted by molar-refractivity contribution is -0.116. The lowest BCUT2D eigenvalue weighted by Crippen LogP contribution is -2.16. The Hall–Kier alpha value is -3.34. The molecule has 31 heavy (non-hydrogen) atoms. The van der Waals surface area contributed by atoms with Crippen LogP contribution in [0.3, 0.4) is 0 Å². The van der Waals surface area contributed by atoms with Gasteiger partial charge >= 0.3 is 5.97 Å². The van der Waals surface area contributed by atoms with E-state index in [1.54, 1.807) is 6.92 Å². The Morgan fingerprint density at radius 1 is 1.00 bits per heavy atom. The van der Waals surface area contributed by atoms with Gasteiger partial charge in [0.05, 0.1) is 12.2 Å². The minimum atomic E-state index is -0.340. The van der Waals surface area contributed by atoms with E-state index in [0.717, 1.165) is 34.6 Å². The second kappa shape index (κ2) is 10.1. The molecule has 5 heteroatoms. The molecule has 3 aromatic rings. The lowest BCUT2D eigenvalue weighted by Gasteiger charge is -2.13. The second-order valence-electron chi connectivity index (χ2n) is 7.62. The summed E-state index contributed by atoms with van der Waals surface area (Å²) in [6, 6.07) is 17.9. The van der Waals surface area contributed by atoms with Crippen LogP contribution < -0.4 is 5.32 Å². The van der Waals surface area contributed by atoms with Crippen molar-refractivity contribution in [3.63, 3.8) is 0 Å². The van der Waals surface area contributed by atoms with Gasteiger partial charge in [0.2, 0.25) is 5.91 Å². The maximum atomic E-state index is 12.6.